The first-order valence-corrected chi connectivity index (χ1v) is 7.40. The summed E-state index contributed by atoms with van der Waals surface area (Å²) in [4.78, 5) is 13.1. The molecule has 118 valence electrons. The summed E-state index contributed by atoms with van der Waals surface area (Å²) in [6, 6.07) is 6.79. The van der Waals surface area contributed by atoms with E-state index >= 15 is 0 Å². The Morgan fingerprint density at radius 3 is 2.61 bits per heavy atom. The van der Waals surface area contributed by atoms with E-state index in [1.165, 1.54) is 23.6 Å². The van der Waals surface area contributed by atoms with E-state index in [1.807, 2.05) is 0 Å². The first kappa shape index (κ1) is 15.4. The number of anilines is 1. The number of alkyl halides is 3. The fraction of sp³-hybridized carbons (Fsp3) is 0.133. The van der Waals surface area contributed by atoms with E-state index in [0.717, 1.165) is 17.0 Å². The molecule has 0 bridgehead atoms. The van der Waals surface area contributed by atoms with Gasteiger partial charge in [-0.1, -0.05) is 12.1 Å². The third kappa shape index (κ3) is 3.16. The lowest BCUT2D eigenvalue weighted by molar-refractivity contribution is -0.137. The molecular weight excluding hydrogens is 325 g/mol. The minimum Gasteiger partial charge on any atom is -0.368 e. The van der Waals surface area contributed by atoms with Crippen LogP contribution in [0.25, 0.3) is 21.1 Å². The second kappa shape index (κ2) is 5.62. The maximum atomic E-state index is 12.8. The third-order valence-electron chi connectivity index (χ3n) is 3.14. The molecule has 0 saturated heterocycles. The van der Waals surface area contributed by atoms with Gasteiger partial charge in [0.2, 0.25) is 5.95 Å². The lowest BCUT2D eigenvalue weighted by Gasteiger charge is -2.07. The van der Waals surface area contributed by atoms with Gasteiger partial charge in [0.25, 0.3) is 0 Å². The Labute approximate surface area is 133 Å². The van der Waals surface area contributed by atoms with Gasteiger partial charge in [0, 0.05) is 11.8 Å². The molecule has 1 aromatic carbocycles. The van der Waals surface area contributed by atoms with Gasteiger partial charge in [0.05, 0.1) is 21.8 Å². The summed E-state index contributed by atoms with van der Waals surface area (Å²) in [5.41, 5.74) is 6.57. The first-order chi connectivity index (χ1) is 10.8. The van der Waals surface area contributed by atoms with Crippen LogP contribution in [0.3, 0.4) is 0 Å². The molecule has 2 heterocycles. The molecule has 0 aliphatic heterocycles. The Kier molecular flexibility index (Phi) is 3.77. The summed E-state index contributed by atoms with van der Waals surface area (Å²) >= 11 is 1.27. The number of aryl methyl sites for hydroxylation is 1. The van der Waals surface area contributed by atoms with Crippen LogP contribution < -0.4 is 5.73 Å². The van der Waals surface area contributed by atoms with Crippen molar-refractivity contribution in [1.82, 2.24) is 15.0 Å². The van der Waals surface area contributed by atoms with Gasteiger partial charge in [-0.2, -0.15) is 13.2 Å². The molecule has 0 amide bonds. The Balaban J connectivity index is 2.05. The van der Waals surface area contributed by atoms with Crippen molar-refractivity contribution in [2.75, 3.05) is 5.73 Å². The zero-order valence-corrected chi connectivity index (χ0v) is 12.7. The topological polar surface area (TPSA) is 64.7 Å². The van der Waals surface area contributed by atoms with Crippen LogP contribution in [0.5, 0.6) is 0 Å². The molecule has 0 unspecified atom stereocenters. The largest absolute Gasteiger partial charge is 0.416 e. The molecule has 8 heteroatoms. The van der Waals surface area contributed by atoms with Gasteiger partial charge in [0.15, 0.2) is 0 Å². The average molecular weight is 336 g/mol. The van der Waals surface area contributed by atoms with E-state index in [4.69, 9.17) is 5.73 Å². The lowest BCUT2D eigenvalue weighted by Crippen LogP contribution is -2.04. The maximum absolute atomic E-state index is 12.8. The zero-order chi connectivity index (χ0) is 16.6. The molecule has 0 aliphatic carbocycles. The van der Waals surface area contributed by atoms with Crippen LogP contribution in [-0.2, 0) is 6.18 Å². The van der Waals surface area contributed by atoms with Gasteiger partial charge < -0.3 is 5.73 Å². The van der Waals surface area contributed by atoms with Crippen LogP contribution in [0.15, 0.2) is 36.5 Å². The molecule has 0 aliphatic rings. The summed E-state index contributed by atoms with van der Waals surface area (Å²) in [5, 5.41) is 0.501. The number of thiazole rings is 1. The normalized spacial score (nSPS) is 11.7. The number of nitrogens with zero attached hydrogens (tertiary/aromatic N) is 3. The van der Waals surface area contributed by atoms with Gasteiger partial charge >= 0.3 is 6.18 Å². The minimum absolute atomic E-state index is 0.135. The molecule has 0 spiro atoms. The highest BCUT2D eigenvalue weighted by atomic mass is 32.1. The number of nitrogens with two attached hydrogens (primary N) is 1. The van der Waals surface area contributed by atoms with Gasteiger partial charge in [-0.15, -0.1) is 11.3 Å². The molecule has 4 nitrogen and oxygen atoms in total. The monoisotopic (exact) mass is 336 g/mol. The molecule has 0 saturated carbocycles. The standard InChI is InChI=1S/C15H11F3N4S/c1-8-12(11-5-6-20-14(19)22-11)23-13(21-8)9-3-2-4-10(7-9)15(16,17)18/h2-7H,1H3,(H2,19,20,22). The van der Waals surface area contributed by atoms with Gasteiger partial charge in [-0.3, -0.25) is 0 Å². The molecule has 2 aromatic heterocycles. The summed E-state index contributed by atoms with van der Waals surface area (Å²) in [6.45, 7) is 1.78. The van der Waals surface area contributed by atoms with E-state index in [2.05, 4.69) is 15.0 Å². The van der Waals surface area contributed by atoms with Crippen LogP contribution in [0.1, 0.15) is 11.3 Å². The Morgan fingerprint density at radius 2 is 1.91 bits per heavy atom. The maximum Gasteiger partial charge on any atom is 0.416 e. The van der Waals surface area contributed by atoms with E-state index in [1.54, 1.807) is 19.1 Å². The summed E-state index contributed by atoms with van der Waals surface area (Å²) in [6.07, 6.45) is -2.85. The van der Waals surface area contributed by atoms with Crippen molar-refractivity contribution in [3.05, 3.63) is 47.8 Å². The summed E-state index contributed by atoms with van der Waals surface area (Å²) in [5.74, 6) is 0.135. The minimum atomic E-state index is -4.38. The molecular formula is C15H11F3N4S. The number of aromatic nitrogens is 3. The van der Waals surface area contributed by atoms with Crippen LogP contribution >= 0.6 is 11.3 Å². The highest BCUT2D eigenvalue weighted by Gasteiger charge is 2.30. The fourth-order valence-corrected chi connectivity index (χ4v) is 3.12. The smallest absolute Gasteiger partial charge is 0.368 e. The van der Waals surface area contributed by atoms with Crippen molar-refractivity contribution in [2.24, 2.45) is 0 Å². The molecule has 0 atom stereocenters. The lowest BCUT2D eigenvalue weighted by atomic mass is 10.1. The molecule has 3 rings (SSSR count). The molecule has 3 aromatic rings. The number of hydrogen-bond donors (Lipinski definition) is 1. The van der Waals surface area contributed by atoms with Crippen molar-refractivity contribution in [3.8, 4) is 21.1 Å². The summed E-state index contributed by atoms with van der Waals surface area (Å²) < 4.78 is 38.5. The Morgan fingerprint density at radius 1 is 1.13 bits per heavy atom. The number of halogens is 3. The van der Waals surface area contributed by atoms with E-state index < -0.39 is 11.7 Å². The molecule has 0 fully saturated rings. The zero-order valence-electron chi connectivity index (χ0n) is 11.9. The summed E-state index contributed by atoms with van der Waals surface area (Å²) in [7, 11) is 0. The number of hydrogen-bond acceptors (Lipinski definition) is 5. The van der Waals surface area contributed by atoms with E-state index in [-0.39, 0.29) is 5.95 Å². The Bertz CT molecular complexity index is 858. The molecule has 23 heavy (non-hydrogen) atoms. The third-order valence-corrected chi connectivity index (χ3v) is 4.37. The van der Waals surface area contributed by atoms with Gasteiger partial charge in [0.1, 0.15) is 5.01 Å². The number of nitrogen functional groups attached to an aromatic ring is 1. The van der Waals surface area contributed by atoms with E-state index in [9.17, 15) is 13.2 Å². The van der Waals surface area contributed by atoms with Crippen molar-refractivity contribution in [2.45, 2.75) is 13.1 Å². The van der Waals surface area contributed by atoms with Crippen LogP contribution in [0, 0.1) is 6.92 Å². The first-order valence-electron chi connectivity index (χ1n) is 6.58. The molecule has 2 N–H and O–H groups in total. The van der Waals surface area contributed by atoms with Crippen molar-refractivity contribution >= 4 is 17.3 Å². The molecule has 0 radical (unpaired) electrons. The van der Waals surface area contributed by atoms with Crippen LogP contribution in [0.2, 0.25) is 0 Å². The predicted molar refractivity (Wildman–Crippen MR) is 82.7 cm³/mol. The highest BCUT2D eigenvalue weighted by Crippen LogP contribution is 2.37. The second-order valence-electron chi connectivity index (χ2n) is 4.81. The average Bonchev–Trinajstić information content (AvgIpc) is 2.89. The van der Waals surface area contributed by atoms with E-state index in [0.29, 0.717) is 22.0 Å². The van der Waals surface area contributed by atoms with Crippen molar-refractivity contribution in [1.29, 1.82) is 0 Å². The quantitative estimate of drug-likeness (QED) is 0.762. The number of rotatable bonds is 2. The number of benzene rings is 1. The fourth-order valence-electron chi connectivity index (χ4n) is 2.09. The SMILES string of the molecule is Cc1nc(-c2cccc(C(F)(F)F)c2)sc1-c1ccnc(N)n1. The van der Waals surface area contributed by atoms with Crippen molar-refractivity contribution < 1.29 is 13.2 Å². The second-order valence-corrected chi connectivity index (χ2v) is 5.81. The van der Waals surface area contributed by atoms with Crippen LogP contribution in [-0.4, -0.2) is 15.0 Å². The predicted octanol–water partition coefficient (Wildman–Crippen LogP) is 4.18. The van der Waals surface area contributed by atoms with Crippen LogP contribution in [0.4, 0.5) is 19.1 Å². The van der Waals surface area contributed by atoms with Crippen molar-refractivity contribution in [3.63, 3.8) is 0 Å². The highest BCUT2D eigenvalue weighted by molar-refractivity contribution is 7.18. The Hall–Kier alpha value is -2.48. The van der Waals surface area contributed by atoms with Gasteiger partial charge in [-0.25, -0.2) is 15.0 Å². The van der Waals surface area contributed by atoms with Gasteiger partial charge in [-0.05, 0) is 25.1 Å².